The number of H-pyrrole nitrogens is 1. The lowest BCUT2D eigenvalue weighted by atomic mass is 9.94. The first-order chi connectivity index (χ1) is 14.4. The summed E-state index contributed by atoms with van der Waals surface area (Å²) in [6.45, 7) is 6.34. The number of nitrogens with one attached hydrogen (secondary N) is 1. The zero-order valence-electron chi connectivity index (χ0n) is 16.7. The summed E-state index contributed by atoms with van der Waals surface area (Å²) in [7, 11) is 0. The van der Waals surface area contributed by atoms with E-state index >= 15 is 0 Å². The number of aryl methyl sites for hydroxylation is 2. The van der Waals surface area contributed by atoms with Gasteiger partial charge in [0, 0.05) is 23.5 Å². The van der Waals surface area contributed by atoms with E-state index in [0.29, 0.717) is 40.9 Å². The van der Waals surface area contributed by atoms with E-state index in [1.54, 1.807) is 11.8 Å². The van der Waals surface area contributed by atoms with Crippen LogP contribution in [0.25, 0.3) is 10.2 Å². The number of rotatable bonds is 3. The molecular weight excluding hydrogens is 398 g/mol. The lowest BCUT2D eigenvalue weighted by Crippen LogP contribution is -2.37. The van der Waals surface area contributed by atoms with Crippen molar-refractivity contribution in [3.05, 3.63) is 73.7 Å². The molecule has 30 heavy (non-hydrogen) atoms. The lowest BCUT2D eigenvalue weighted by molar-refractivity contribution is 0.0722. The van der Waals surface area contributed by atoms with Crippen LogP contribution < -0.4 is 5.56 Å². The van der Waals surface area contributed by atoms with Gasteiger partial charge in [0.2, 0.25) is 5.82 Å². The van der Waals surface area contributed by atoms with Gasteiger partial charge in [0.25, 0.3) is 11.5 Å². The Hall–Kier alpha value is -3.06. The van der Waals surface area contributed by atoms with E-state index in [0.717, 1.165) is 36.0 Å². The quantitative estimate of drug-likeness (QED) is 0.521. The maximum atomic E-state index is 13.1. The highest BCUT2D eigenvalue weighted by Gasteiger charge is 2.27. The molecule has 0 saturated carbocycles. The second-order valence-corrected chi connectivity index (χ2v) is 9.11. The number of allylic oxidation sites excluding steroid dienone is 1. The number of amides is 1. The summed E-state index contributed by atoms with van der Waals surface area (Å²) in [5.41, 5.74) is 4.01. The van der Waals surface area contributed by atoms with Crippen LogP contribution in [0.4, 0.5) is 0 Å². The normalized spacial score (nSPS) is 15.2. The van der Waals surface area contributed by atoms with Gasteiger partial charge in [-0.15, -0.1) is 11.3 Å². The van der Waals surface area contributed by atoms with Gasteiger partial charge in [-0.2, -0.15) is 0 Å². The minimum absolute atomic E-state index is 0.0880. The zero-order valence-corrected chi connectivity index (χ0v) is 17.5. The van der Waals surface area contributed by atoms with Crippen molar-refractivity contribution in [1.82, 2.24) is 14.9 Å². The molecule has 0 radical (unpaired) electrons. The second kappa shape index (κ2) is 7.02. The van der Waals surface area contributed by atoms with E-state index in [2.05, 4.69) is 16.5 Å². The van der Waals surface area contributed by atoms with Crippen molar-refractivity contribution >= 4 is 33.2 Å². The number of nitrogens with zero attached hydrogens (tertiary/aromatic N) is 2. The number of ketones is 1. The number of carbonyl (C=O) groups excluding carboxylic acids is 2. The van der Waals surface area contributed by atoms with Crippen LogP contribution in [0.5, 0.6) is 0 Å². The molecule has 3 heterocycles. The summed E-state index contributed by atoms with van der Waals surface area (Å²) >= 11 is 1.53. The minimum atomic E-state index is -0.287. The topological polar surface area (TPSA) is 83.1 Å². The van der Waals surface area contributed by atoms with Gasteiger partial charge in [-0.1, -0.05) is 18.7 Å². The van der Waals surface area contributed by atoms with Gasteiger partial charge in [0.15, 0.2) is 5.78 Å². The Kier molecular flexibility index (Phi) is 4.43. The Labute approximate surface area is 177 Å². The van der Waals surface area contributed by atoms with Gasteiger partial charge in [0.1, 0.15) is 4.83 Å². The van der Waals surface area contributed by atoms with Gasteiger partial charge >= 0.3 is 0 Å². The molecule has 152 valence electrons. The maximum absolute atomic E-state index is 13.1. The van der Waals surface area contributed by atoms with Crippen molar-refractivity contribution in [3.63, 3.8) is 0 Å². The van der Waals surface area contributed by atoms with Crippen LogP contribution in [-0.4, -0.2) is 33.1 Å². The molecule has 2 aromatic heterocycles. The number of fused-ring (bicyclic) bond motifs is 4. The SMILES string of the molecule is C=C(C)C(=O)c1ccc2c(c1)CN(C(=O)c1nc3sc4c(c3c(=O)[nH]1)CCC4)CC2. The molecule has 0 unspecified atom stereocenters. The Morgan fingerprint density at radius 1 is 1.20 bits per heavy atom. The molecular formula is C23H21N3O3S. The summed E-state index contributed by atoms with van der Waals surface area (Å²) in [6, 6.07) is 5.61. The largest absolute Gasteiger partial charge is 0.331 e. The predicted molar refractivity (Wildman–Crippen MR) is 116 cm³/mol. The van der Waals surface area contributed by atoms with Crippen molar-refractivity contribution < 1.29 is 9.59 Å². The van der Waals surface area contributed by atoms with Crippen molar-refractivity contribution in [3.8, 4) is 0 Å². The van der Waals surface area contributed by atoms with Crippen LogP contribution in [0.2, 0.25) is 0 Å². The number of benzene rings is 1. The van der Waals surface area contributed by atoms with E-state index < -0.39 is 0 Å². The fourth-order valence-electron chi connectivity index (χ4n) is 4.37. The molecule has 7 heteroatoms. The third kappa shape index (κ3) is 3.01. The highest BCUT2D eigenvalue weighted by atomic mass is 32.1. The molecule has 0 saturated heterocycles. The monoisotopic (exact) mass is 419 g/mol. The van der Waals surface area contributed by atoms with Gasteiger partial charge in [-0.25, -0.2) is 4.98 Å². The Bertz CT molecular complexity index is 1300. The molecule has 3 aromatic rings. The summed E-state index contributed by atoms with van der Waals surface area (Å²) in [5, 5.41) is 0.649. The van der Waals surface area contributed by atoms with Gasteiger partial charge in [0.05, 0.1) is 5.39 Å². The van der Waals surface area contributed by atoms with Crippen LogP contribution in [0, 0.1) is 0 Å². The molecule has 1 amide bonds. The average Bonchev–Trinajstić information content (AvgIpc) is 3.32. The van der Waals surface area contributed by atoms with Crippen molar-refractivity contribution in [2.75, 3.05) is 6.54 Å². The number of aromatic nitrogens is 2. The Morgan fingerprint density at radius 2 is 2.03 bits per heavy atom. The smallest absolute Gasteiger partial charge is 0.290 e. The molecule has 0 atom stereocenters. The molecule has 1 aromatic carbocycles. The average molecular weight is 420 g/mol. The lowest BCUT2D eigenvalue weighted by Gasteiger charge is -2.28. The van der Waals surface area contributed by atoms with E-state index in [9.17, 15) is 14.4 Å². The Morgan fingerprint density at radius 3 is 2.83 bits per heavy atom. The van der Waals surface area contributed by atoms with Crippen molar-refractivity contribution in [2.24, 2.45) is 0 Å². The van der Waals surface area contributed by atoms with Crippen molar-refractivity contribution in [1.29, 1.82) is 0 Å². The van der Waals surface area contributed by atoms with Crippen LogP contribution in [0.3, 0.4) is 0 Å². The number of carbonyl (C=O) groups is 2. The zero-order chi connectivity index (χ0) is 21.0. The van der Waals surface area contributed by atoms with Crippen LogP contribution in [0.1, 0.15) is 55.9 Å². The molecule has 1 N–H and O–H groups in total. The first kappa shape index (κ1) is 18.9. The third-order valence-corrected chi connectivity index (χ3v) is 7.12. The molecule has 0 fully saturated rings. The van der Waals surface area contributed by atoms with Gasteiger partial charge in [-0.05, 0) is 60.9 Å². The summed E-state index contributed by atoms with van der Waals surface area (Å²) in [5.74, 6) is -0.293. The summed E-state index contributed by atoms with van der Waals surface area (Å²) < 4.78 is 0. The van der Waals surface area contributed by atoms with Crippen LogP contribution in [0.15, 0.2) is 35.1 Å². The molecule has 2 aliphatic rings. The first-order valence-electron chi connectivity index (χ1n) is 10.1. The third-order valence-electron chi connectivity index (χ3n) is 5.93. The number of aromatic amines is 1. The van der Waals surface area contributed by atoms with Crippen LogP contribution >= 0.6 is 11.3 Å². The Balaban J connectivity index is 1.45. The van der Waals surface area contributed by atoms with E-state index in [4.69, 9.17) is 0 Å². The van der Waals surface area contributed by atoms with Crippen molar-refractivity contribution in [2.45, 2.75) is 39.2 Å². The fourth-order valence-corrected chi connectivity index (χ4v) is 5.63. The molecule has 0 bridgehead atoms. The number of thiophene rings is 1. The standard InChI is InChI=1S/C23H21N3O3S/c1-12(2)19(27)14-7-6-13-8-9-26(11-15(13)10-14)23(29)20-24-21(28)18-16-4-3-5-17(16)30-22(18)25-20/h6-7,10H,1,3-5,8-9,11H2,2H3,(H,24,25,28). The second-order valence-electron chi connectivity index (χ2n) is 8.02. The number of Topliss-reactive ketones (excluding diaryl/α,β-unsaturated/α-hetero) is 1. The molecule has 5 rings (SSSR count). The molecule has 6 nitrogen and oxygen atoms in total. The van der Waals surface area contributed by atoms with Gasteiger partial charge < -0.3 is 9.88 Å². The van der Waals surface area contributed by atoms with E-state index in [1.807, 2.05) is 18.2 Å². The highest BCUT2D eigenvalue weighted by Crippen LogP contribution is 2.34. The highest BCUT2D eigenvalue weighted by molar-refractivity contribution is 7.18. The number of hydrogen-bond acceptors (Lipinski definition) is 5. The number of hydrogen-bond donors (Lipinski definition) is 1. The minimum Gasteiger partial charge on any atom is -0.331 e. The molecule has 1 aliphatic carbocycles. The predicted octanol–water partition coefficient (Wildman–Crippen LogP) is 3.43. The molecule has 0 spiro atoms. The summed E-state index contributed by atoms with van der Waals surface area (Å²) in [4.78, 5) is 48.8. The fraction of sp³-hybridized carbons (Fsp3) is 0.304. The van der Waals surface area contributed by atoms with E-state index in [-0.39, 0.29) is 23.1 Å². The van der Waals surface area contributed by atoms with E-state index in [1.165, 1.54) is 16.2 Å². The first-order valence-corrected chi connectivity index (χ1v) is 10.9. The summed E-state index contributed by atoms with van der Waals surface area (Å²) in [6.07, 6.45) is 3.65. The maximum Gasteiger partial charge on any atom is 0.290 e. The van der Waals surface area contributed by atoms with Gasteiger partial charge in [-0.3, -0.25) is 14.4 Å². The van der Waals surface area contributed by atoms with Crippen LogP contribution in [-0.2, 0) is 25.8 Å². The molecule has 1 aliphatic heterocycles.